The number of halogens is 1. The number of aryl methyl sites for hydroxylation is 1. The molecule has 2 aromatic rings. The average molecular weight is 275 g/mol. The van der Waals surface area contributed by atoms with Gasteiger partial charge in [-0.1, -0.05) is 12.1 Å². The van der Waals surface area contributed by atoms with Crippen LogP contribution in [-0.2, 0) is 24.1 Å². The van der Waals surface area contributed by atoms with Gasteiger partial charge in [0.25, 0.3) is 0 Å². The number of nitrogens with zero attached hydrogens (tertiary/aromatic N) is 1. The molecule has 0 fully saturated rings. The fourth-order valence-corrected chi connectivity index (χ4v) is 2.50. The van der Waals surface area contributed by atoms with E-state index in [0.29, 0.717) is 31.6 Å². The molecule has 1 heterocycles. The molecule has 0 saturated carbocycles. The van der Waals surface area contributed by atoms with E-state index < -0.39 is 5.97 Å². The van der Waals surface area contributed by atoms with Crippen LogP contribution in [0.25, 0.3) is 0 Å². The molecule has 4 nitrogen and oxygen atoms in total. The molecule has 1 unspecified atom stereocenters. The molecule has 1 atom stereocenters. The van der Waals surface area contributed by atoms with Crippen molar-refractivity contribution in [1.29, 1.82) is 0 Å². The fourth-order valence-electron chi connectivity index (χ4n) is 2.50. The number of benzene rings is 1. The summed E-state index contributed by atoms with van der Waals surface area (Å²) in [6, 6.07) is 6.19. The summed E-state index contributed by atoms with van der Waals surface area (Å²) in [6.45, 7) is 0. The van der Waals surface area contributed by atoms with Gasteiger partial charge in [0.05, 0.1) is 11.6 Å². The topological polar surface area (TPSA) is 63.3 Å². The maximum atomic E-state index is 12.8. The maximum Gasteiger partial charge on any atom is 0.306 e. The number of hydrogen-bond donors (Lipinski definition) is 1. The average Bonchev–Trinajstić information content (AvgIpc) is 2.82. The van der Waals surface area contributed by atoms with Crippen molar-refractivity contribution < 1.29 is 18.7 Å². The zero-order chi connectivity index (χ0) is 14.1. The standard InChI is InChI=1S/C15H14FNO3/c16-11-4-1-9(2-5-11)7-14-17-12-8-10(15(18)19)3-6-13(12)20-14/h1-2,4-5,10H,3,6-8H2,(H,18,19). The van der Waals surface area contributed by atoms with Gasteiger partial charge in [-0.25, -0.2) is 9.37 Å². The number of carboxylic acid groups (broad SMARTS) is 1. The van der Waals surface area contributed by atoms with Crippen LogP contribution in [0.5, 0.6) is 0 Å². The summed E-state index contributed by atoms with van der Waals surface area (Å²) in [5.74, 6) is -0.0676. The number of oxazole rings is 1. The van der Waals surface area contributed by atoms with E-state index in [1.54, 1.807) is 12.1 Å². The molecule has 0 amide bonds. The van der Waals surface area contributed by atoms with Crippen LogP contribution in [0, 0.1) is 11.7 Å². The van der Waals surface area contributed by atoms with E-state index in [4.69, 9.17) is 9.52 Å². The van der Waals surface area contributed by atoms with Gasteiger partial charge in [-0.15, -0.1) is 0 Å². The highest BCUT2D eigenvalue weighted by atomic mass is 19.1. The van der Waals surface area contributed by atoms with Gasteiger partial charge >= 0.3 is 5.97 Å². The number of rotatable bonds is 3. The van der Waals surface area contributed by atoms with Crippen LogP contribution >= 0.6 is 0 Å². The number of fused-ring (bicyclic) bond motifs is 1. The van der Waals surface area contributed by atoms with Crippen molar-refractivity contribution in [1.82, 2.24) is 4.98 Å². The second kappa shape index (κ2) is 5.07. The lowest BCUT2D eigenvalue weighted by Crippen LogP contribution is -2.21. The lowest BCUT2D eigenvalue weighted by atomic mass is 9.90. The van der Waals surface area contributed by atoms with Gasteiger partial charge in [0.15, 0.2) is 5.89 Å². The van der Waals surface area contributed by atoms with E-state index in [-0.39, 0.29) is 11.7 Å². The predicted octanol–water partition coefficient (Wildman–Crippen LogP) is 2.59. The van der Waals surface area contributed by atoms with Crippen molar-refractivity contribution in [2.24, 2.45) is 5.92 Å². The number of aliphatic carboxylic acids is 1. The quantitative estimate of drug-likeness (QED) is 0.935. The number of aromatic nitrogens is 1. The van der Waals surface area contributed by atoms with Crippen LogP contribution in [0.4, 0.5) is 4.39 Å². The molecule has 1 aliphatic rings. The minimum Gasteiger partial charge on any atom is -0.481 e. The monoisotopic (exact) mass is 275 g/mol. The Bertz CT molecular complexity index is 633. The molecule has 1 N–H and O–H groups in total. The maximum absolute atomic E-state index is 12.8. The van der Waals surface area contributed by atoms with Crippen LogP contribution in [0.2, 0.25) is 0 Å². The van der Waals surface area contributed by atoms with Gasteiger partial charge in [0, 0.05) is 19.3 Å². The Morgan fingerprint density at radius 3 is 2.85 bits per heavy atom. The summed E-state index contributed by atoms with van der Waals surface area (Å²) in [5.41, 5.74) is 1.67. The molecule has 0 bridgehead atoms. The molecular formula is C15H14FNO3. The van der Waals surface area contributed by atoms with Crippen molar-refractivity contribution in [3.8, 4) is 0 Å². The minimum atomic E-state index is -0.779. The zero-order valence-electron chi connectivity index (χ0n) is 10.8. The summed E-state index contributed by atoms with van der Waals surface area (Å²) < 4.78 is 18.5. The third-order valence-corrected chi connectivity index (χ3v) is 3.60. The highest BCUT2D eigenvalue weighted by Crippen LogP contribution is 2.27. The first-order chi connectivity index (χ1) is 9.61. The van der Waals surface area contributed by atoms with Crippen LogP contribution in [-0.4, -0.2) is 16.1 Å². The van der Waals surface area contributed by atoms with Gasteiger partial charge in [-0.3, -0.25) is 4.79 Å². The number of hydrogen-bond acceptors (Lipinski definition) is 3. The lowest BCUT2D eigenvalue weighted by molar-refractivity contribution is -0.142. The number of carboxylic acids is 1. The Kier molecular flexibility index (Phi) is 3.26. The van der Waals surface area contributed by atoms with Crippen molar-refractivity contribution in [3.05, 3.63) is 53.0 Å². The second-order valence-electron chi connectivity index (χ2n) is 5.06. The highest BCUT2D eigenvalue weighted by Gasteiger charge is 2.28. The summed E-state index contributed by atoms with van der Waals surface area (Å²) in [7, 11) is 0. The summed E-state index contributed by atoms with van der Waals surface area (Å²) in [5, 5.41) is 9.04. The number of carbonyl (C=O) groups is 1. The second-order valence-corrected chi connectivity index (χ2v) is 5.06. The van der Waals surface area contributed by atoms with Gasteiger partial charge in [-0.05, 0) is 24.1 Å². The predicted molar refractivity (Wildman–Crippen MR) is 68.9 cm³/mol. The molecular weight excluding hydrogens is 261 g/mol. The van der Waals surface area contributed by atoms with Crippen molar-refractivity contribution in [3.63, 3.8) is 0 Å². The molecule has 0 radical (unpaired) electrons. The van der Waals surface area contributed by atoms with E-state index in [9.17, 15) is 9.18 Å². The summed E-state index contributed by atoms with van der Waals surface area (Å²) in [4.78, 5) is 15.4. The SMILES string of the molecule is O=C(O)C1CCc2oc(Cc3ccc(F)cc3)nc2C1. The Hall–Kier alpha value is -2.17. The molecule has 5 heteroatoms. The van der Waals surface area contributed by atoms with E-state index in [2.05, 4.69) is 4.98 Å². The Morgan fingerprint density at radius 1 is 1.40 bits per heavy atom. The van der Waals surface area contributed by atoms with Crippen LogP contribution in [0.3, 0.4) is 0 Å². The molecule has 1 aromatic carbocycles. The van der Waals surface area contributed by atoms with Gasteiger partial charge in [0.2, 0.25) is 0 Å². The highest BCUT2D eigenvalue weighted by molar-refractivity contribution is 5.70. The van der Waals surface area contributed by atoms with Crippen molar-refractivity contribution >= 4 is 5.97 Å². The molecule has 0 aliphatic heterocycles. The summed E-state index contributed by atoms with van der Waals surface area (Å²) >= 11 is 0. The molecule has 3 rings (SSSR count). The van der Waals surface area contributed by atoms with Gasteiger partial charge in [0.1, 0.15) is 11.6 Å². The largest absolute Gasteiger partial charge is 0.481 e. The third kappa shape index (κ3) is 2.57. The third-order valence-electron chi connectivity index (χ3n) is 3.60. The molecule has 1 aromatic heterocycles. The first kappa shape index (κ1) is 12.8. The minimum absolute atomic E-state index is 0.273. The van der Waals surface area contributed by atoms with Crippen LogP contribution in [0.15, 0.2) is 28.7 Å². The Labute approximate surface area is 115 Å². The lowest BCUT2D eigenvalue weighted by Gasteiger charge is -2.15. The van der Waals surface area contributed by atoms with Gasteiger partial charge in [-0.2, -0.15) is 0 Å². The normalized spacial score (nSPS) is 17.8. The molecule has 0 saturated heterocycles. The van der Waals surface area contributed by atoms with E-state index in [1.807, 2.05) is 0 Å². The van der Waals surface area contributed by atoms with Crippen molar-refractivity contribution in [2.75, 3.05) is 0 Å². The smallest absolute Gasteiger partial charge is 0.306 e. The fraction of sp³-hybridized carbons (Fsp3) is 0.333. The van der Waals surface area contributed by atoms with E-state index >= 15 is 0 Å². The van der Waals surface area contributed by atoms with E-state index in [1.165, 1.54) is 12.1 Å². The van der Waals surface area contributed by atoms with Crippen molar-refractivity contribution in [2.45, 2.75) is 25.7 Å². The molecule has 1 aliphatic carbocycles. The Balaban J connectivity index is 1.77. The Morgan fingerprint density at radius 2 is 2.15 bits per heavy atom. The van der Waals surface area contributed by atoms with E-state index in [0.717, 1.165) is 17.0 Å². The molecule has 0 spiro atoms. The first-order valence-corrected chi connectivity index (χ1v) is 6.56. The molecule has 20 heavy (non-hydrogen) atoms. The van der Waals surface area contributed by atoms with Crippen LogP contribution in [0.1, 0.15) is 29.3 Å². The molecule has 104 valence electrons. The first-order valence-electron chi connectivity index (χ1n) is 6.56. The van der Waals surface area contributed by atoms with Crippen LogP contribution < -0.4 is 0 Å². The zero-order valence-corrected chi connectivity index (χ0v) is 10.8. The van der Waals surface area contributed by atoms with Gasteiger partial charge < -0.3 is 9.52 Å². The summed E-state index contributed by atoms with van der Waals surface area (Å²) in [6.07, 6.45) is 2.12.